The van der Waals surface area contributed by atoms with Gasteiger partial charge in [-0.2, -0.15) is 0 Å². The molecule has 4 heteroatoms. The second-order valence-electron chi connectivity index (χ2n) is 3.18. The number of hydrogen-bond donors (Lipinski definition) is 2. The molecule has 4 nitrogen and oxygen atoms in total. The fourth-order valence-corrected chi connectivity index (χ4v) is 1.06. The second-order valence-corrected chi connectivity index (χ2v) is 3.18. The van der Waals surface area contributed by atoms with E-state index >= 15 is 0 Å². The van der Waals surface area contributed by atoms with Crippen molar-refractivity contribution in [3.05, 3.63) is 30.1 Å². The summed E-state index contributed by atoms with van der Waals surface area (Å²) in [6, 6.07) is 3.40. The Bertz CT molecular complexity index is 287. The van der Waals surface area contributed by atoms with Gasteiger partial charge in [0.25, 0.3) is 0 Å². The van der Waals surface area contributed by atoms with E-state index in [1.54, 1.807) is 31.5 Å². The largest absolute Gasteiger partial charge is 0.394 e. The SMILES string of the molecule is CC(CO)NC(=O)Cc1ccncc1. The third kappa shape index (κ3) is 3.53. The maximum atomic E-state index is 11.3. The Morgan fingerprint density at radius 1 is 1.57 bits per heavy atom. The number of aliphatic hydroxyl groups is 1. The molecule has 0 fully saturated rings. The topological polar surface area (TPSA) is 62.2 Å². The van der Waals surface area contributed by atoms with Crippen molar-refractivity contribution in [1.29, 1.82) is 0 Å². The number of aromatic nitrogens is 1. The summed E-state index contributed by atoms with van der Waals surface area (Å²) < 4.78 is 0. The number of aliphatic hydroxyl groups excluding tert-OH is 1. The maximum Gasteiger partial charge on any atom is 0.224 e. The summed E-state index contributed by atoms with van der Waals surface area (Å²) >= 11 is 0. The van der Waals surface area contributed by atoms with Gasteiger partial charge in [0.05, 0.1) is 13.0 Å². The van der Waals surface area contributed by atoms with E-state index in [0.717, 1.165) is 5.56 Å². The minimum absolute atomic E-state index is 0.0396. The molecule has 0 aromatic carbocycles. The van der Waals surface area contributed by atoms with E-state index in [9.17, 15) is 4.79 Å². The summed E-state index contributed by atoms with van der Waals surface area (Å²) in [6.45, 7) is 1.71. The van der Waals surface area contributed by atoms with Crippen LogP contribution in [-0.4, -0.2) is 28.6 Å². The van der Waals surface area contributed by atoms with Crippen LogP contribution in [0.1, 0.15) is 12.5 Å². The highest BCUT2D eigenvalue weighted by molar-refractivity contribution is 5.78. The van der Waals surface area contributed by atoms with E-state index in [1.165, 1.54) is 0 Å². The van der Waals surface area contributed by atoms with Crippen LogP contribution in [0, 0.1) is 0 Å². The third-order valence-electron chi connectivity index (χ3n) is 1.80. The molecule has 0 aliphatic heterocycles. The van der Waals surface area contributed by atoms with E-state index in [2.05, 4.69) is 10.3 Å². The van der Waals surface area contributed by atoms with Crippen LogP contribution in [-0.2, 0) is 11.2 Å². The van der Waals surface area contributed by atoms with Gasteiger partial charge in [0.1, 0.15) is 0 Å². The van der Waals surface area contributed by atoms with Crippen molar-refractivity contribution in [1.82, 2.24) is 10.3 Å². The van der Waals surface area contributed by atoms with Crippen molar-refractivity contribution in [3.63, 3.8) is 0 Å². The number of carbonyl (C=O) groups excluding carboxylic acids is 1. The van der Waals surface area contributed by atoms with Gasteiger partial charge in [-0.3, -0.25) is 9.78 Å². The van der Waals surface area contributed by atoms with Gasteiger partial charge in [-0.25, -0.2) is 0 Å². The summed E-state index contributed by atoms with van der Waals surface area (Å²) in [6.07, 6.45) is 3.63. The van der Waals surface area contributed by atoms with Gasteiger partial charge in [0.2, 0.25) is 5.91 Å². The van der Waals surface area contributed by atoms with Crippen molar-refractivity contribution in [3.8, 4) is 0 Å². The zero-order chi connectivity index (χ0) is 10.4. The number of hydrogen-bond acceptors (Lipinski definition) is 3. The number of rotatable bonds is 4. The molecule has 0 spiro atoms. The molecule has 2 N–H and O–H groups in total. The fourth-order valence-electron chi connectivity index (χ4n) is 1.06. The number of carbonyl (C=O) groups is 1. The molecular formula is C10H14N2O2. The van der Waals surface area contributed by atoms with Crippen molar-refractivity contribution < 1.29 is 9.90 Å². The van der Waals surface area contributed by atoms with Crippen molar-refractivity contribution in [2.45, 2.75) is 19.4 Å². The first kappa shape index (κ1) is 10.7. The quantitative estimate of drug-likeness (QED) is 0.715. The van der Waals surface area contributed by atoms with Crippen LogP contribution in [0.2, 0.25) is 0 Å². The van der Waals surface area contributed by atoms with Gasteiger partial charge in [-0.05, 0) is 24.6 Å². The molecule has 14 heavy (non-hydrogen) atoms. The maximum absolute atomic E-state index is 11.3. The molecule has 0 bridgehead atoms. The van der Waals surface area contributed by atoms with Crippen molar-refractivity contribution >= 4 is 5.91 Å². The van der Waals surface area contributed by atoms with Gasteiger partial charge >= 0.3 is 0 Å². The standard InChI is InChI=1S/C10H14N2O2/c1-8(7-13)12-10(14)6-9-2-4-11-5-3-9/h2-5,8,13H,6-7H2,1H3,(H,12,14). The van der Waals surface area contributed by atoms with Crippen LogP contribution in [0.25, 0.3) is 0 Å². The molecule has 1 heterocycles. The molecule has 1 aromatic heterocycles. The summed E-state index contributed by atoms with van der Waals surface area (Å²) in [5, 5.41) is 11.4. The summed E-state index contributed by atoms with van der Waals surface area (Å²) in [7, 11) is 0. The van der Waals surface area contributed by atoms with Crippen LogP contribution in [0.15, 0.2) is 24.5 Å². The highest BCUT2D eigenvalue weighted by Crippen LogP contribution is 1.97. The van der Waals surface area contributed by atoms with Gasteiger partial charge in [-0.1, -0.05) is 0 Å². The lowest BCUT2D eigenvalue weighted by Gasteiger charge is -2.10. The lowest BCUT2D eigenvalue weighted by molar-refractivity contribution is -0.121. The second kappa shape index (κ2) is 5.34. The third-order valence-corrected chi connectivity index (χ3v) is 1.80. The Hall–Kier alpha value is -1.42. The minimum atomic E-state index is -0.190. The number of amides is 1. The highest BCUT2D eigenvalue weighted by Gasteiger charge is 2.06. The highest BCUT2D eigenvalue weighted by atomic mass is 16.3. The Morgan fingerprint density at radius 2 is 2.21 bits per heavy atom. The predicted octanol–water partition coefficient (Wildman–Crippen LogP) is 0.121. The molecule has 1 unspecified atom stereocenters. The van der Waals surface area contributed by atoms with E-state index in [1.807, 2.05) is 0 Å². The van der Waals surface area contributed by atoms with Crippen LogP contribution < -0.4 is 5.32 Å². The average Bonchev–Trinajstić information content (AvgIpc) is 2.19. The molecule has 1 amide bonds. The molecule has 0 saturated carbocycles. The Balaban J connectivity index is 2.42. The van der Waals surface area contributed by atoms with Crippen molar-refractivity contribution in [2.75, 3.05) is 6.61 Å². The predicted molar refractivity (Wildman–Crippen MR) is 52.6 cm³/mol. The Labute approximate surface area is 83.0 Å². The smallest absolute Gasteiger partial charge is 0.224 e. The minimum Gasteiger partial charge on any atom is -0.394 e. The zero-order valence-electron chi connectivity index (χ0n) is 8.10. The lowest BCUT2D eigenvalue weighted by Crippen LogP contribution is -2.35. The lowest BCUT2D eigenvalue weighted by atomic mass is 10.2. The Kier molecular flexibility index (Phi) is 4.07. The number of pyridine rings is 1. The molecular weight excluding hydrogens is 180 g/mol. The summed E-state index contributed by atoms with van der Waals surface area (Å²) in [5.41, 5.74) is 0.919. The normalized spacial score (nSPS) is 12.1. The van der Waals surface area contributed by atoms with Crippen LogP contribution in [0.4, 0.5) is 0 Å². The summed E-state index contributed by atoms with van der Waals surface area (Å²) in [5.74, 6) is -0.0854. The monoisotopic (exact) mass is 194 g/mol. The molecule has 76 valence electrons. The molecule has 0 saturated heterocycles. The molecule has 0 aliphatic carbocycles. The summed E-state index contributed by atoms with van der Waals surface area (Å²) in [4.78, 5) is 15.2. The van der Waals surface area contributed by atoms with Gasteiger partial charge in [0.15, 0.2) is 0 Å². The van der Waals surface area contributed by atoms with E-state index in [4.69, 9.17) is 5.11 Å². The van der Waals surface area contributed by atoms with Gasteiger partial charge in [0, 0.05) is 18.4 Å². The van der Waals surface area contributed by atoms with E-state index in [-0.39, 0.29) is 18.6 Å². The van der Waals surface area contributed by atoms with E-state index < -0.39 is 0 Å². The number of nitrogens with one attached hydrogen (secondary N) is 1. The first-order valence-corrected chi connectivity index (χ1v) is 4.51. The van der Waals surface area contributed by atoms with Gasteiger partial charge in [-0.15, -0.1) is 0 Å². The Morgan fingerprint density at radius 3 is 2.79 bits per heavy atom. The molecule has 0 radical (unpaired) electrons. The average molecular weight is 194 g/mol. The van der Waals surface area contributed by atoms with Crippen LogP contribution in [0.5, 0.6) is 0 Å². The fraction of sp³-hybridized carbons (Fsp3) is 0.400. The molecule has 1 rings (SSSR count). The van der Waals surface area contributed by atoms with Crippen LogP contribution in [0.3, 0.4) is 0 Å². The van der Waals surface area contributed by atoms with Gasteiger partial charge < -0.3 is 10.4 Å². The molecule has 1 atom stereocenters. The zero-order valence-corrected chi connectivity index (χ0v) is 8.10. The number of nitrogens with zero attached hydrogens (tertiary/aromatic N) is 1. The first-order valence-electron chi connectivity index (χ1n) is 4.51. The van der Waals surface area contributed by atoms with Crippen molar-refractivity contribution in [2.24, 2.45) is 0 Å². The molecule has 1 aromatic rings. The van der Waals surface area contributed by atoms with Crippen LogP contribution >= 0.6 is 0 Å². The van der Waals surface area contributed by atoms with E-state index in [0.29, 0.717) is 6.42 Å². The molecule has 0 aliphatic rings. The first-order chi connectivity index (χ1) is 6.72.